The molecule has 26 heavy (non-hydrogen) atoms. The summed E-state index contributed by atoms with van der Waals surface area (Å²) < 4.78 is 28.3. The summed E-state index contributed by atoms with van der Waals surface area (Å²) >= 11 is 0. The third kappa shape index (κ3) is 5.70. The van der Waals surface area contributed by atoms with Crippen LogP contribution < -0.4 is 5.32 Å². The molecular formula is C17H24N2O6S. The number of carbonyl (C=O) groups is 2. The summed E-state index contributed by atoms with van der Waals surface area (Å²) in [5.41, 5.74) is 0.911. The summed E-state index contributed by atoms with van der Waals surface area (Å²) in [5.74, 6) is -1.44. The van der Waals surface area contributed by atoms with E-state index in [1.165, 1.54) is 12.0 Å². The number of amides is 2. The van der Waals surface area contributed by atoms with Gasteiger partial charge in [0.05, 0.1) is 18.1 Å². The average molecular weight is 384 g/mol. The summed E-state index contributed by atoms with van der Waals surface area (Å²) in [6.07, 6.45) is 0.841. The quantitative estimate of drug-likeness (QED) is 0.625. The van der Waals surface area contributed by atoms with Crippen molar-refractivity contribution < 1.29 is 27.9 Å². The molecule has 0 aromatic heterocycles. The lowest BCUT2D eigenvalue weighted by atomic mass is 10.1. The minimum absolute atomic E-state index is 0.0247. The molecule has 0 saturated carbocycles. The number of aromatic hydroxyl groups is 1. The van der Waals surface area contributed by atoms with Crippen LogP contribution in [0.1, 0.15) is 12.0 Å². The van der Waals surface area contributed by atoms with Gasteiger partial charge in [0.25, 0.3) is 0 Å². The van der Waals surface area contributed by atoms with Gasteiger partial charge in [-0.15, -0.1) is 0 Å². The summed E-state index contributed by atoms with van der Waals surface area (Å²) in [6, 6.07) is 6.07. The number of hydrogen-bond donors (Lipinski definition) is 2. The van der Waals surface area contributed by atoms with Crippen LogP contribution in [0.5, 0.6) is 5.75 Å². The monoisotopic (exact) mass is 384 g/mol. The molecule has 1 saturated heterocycles. The Kier molecular flexibility index (Phi) is 6.98. The smallest absolute Gasteiger partial charge is 0.312 e. The number of nitrogens with zero attached hydrogens (tertiary/aromatic N) is 1. The van der Waals surface area contributed by atoms with E-state index in [0.717, 1.165) is 5.56 Å². The van der Waals surface area contributed by atoms with Crippen molar-refractivity contribution in [3.8, 4) is 5.75 Å². The SMILES string of the molecule is COCCN(C(=O)C(=O)NCCc1ccc(O)cc1)C1CCS(=O)(=O)C1. The van der Waals surface area contributed by atoms with Crippen LogP contribution in [-0.2, 0) is 30.6 Å². The highest BCUT2D eigenvalue weighted by molar-refractivity contribution is 7.91. The van der Waals surface area contributed by atoms with Crippen molar-refractivity contribution in [3.05, 3.63) is 29.8 Å². The molecule has 0 spiro atoms. The number of ether oxygens (including phenoxy) is 1. The topological polar surface area (TPSA) is 113 Å². The second-order valence-corrected chi connectivity index (χ2v) is 8.45. The van der Waals surface area contributed by atoms with Crippen LogP contribution >= 0.6 is 0 Å². The molecule has 1 aliphatic rings. The third-order valence-corrected chi connectivity index (χ3v) is 6.03. The highest BCUT2D eigenvalue weighted by Crippen LogP contribution is 2.18. The standard InChI is InChI=1S/C17H24N2O6S/c1-25-10-9-19(14-7-11-26(23,24)12-14)17(22)16(21)18-8-6-13-2-4-15(20)5-3-13/h2-5,14,20H,6-12H2,1H3,(H,18,21). The number of rotatable bonds is 7. The first-order chi connectivity index (χ1) is 12.3. The molecule has 2 rings (SSSR count). The molecule has 2 amide bonds. The highest BCUT2D eigenvalue weighted by Gasteiger charge is 2.36. The molecule has 1 fully saturated rings. The van der Waals surface area contributed by atoms with Gasteiger partial charge >= 0.3 is 11.8 Å². The molecule has 0 radical (unpaired) electrons. The zero-order valence-corrected chi connectivity index (χ0v) is 15.5. The zero-order chi connectivity index (χ0) is 19.2. The van der Waals surface area contributed by atoms with Gasteiger partial charge in [-0.3, -0.25) is 9.59 Å². The van der Waals surface area contributed by atoms with Gasteiger partial charge in [-0.05, 0) is 30.5 Å². The average Bonchev–Trinajstić information content (AvgIpc) is 2.96. The Bertz CT molecular complexity index is 732. The van der Waals surface area contributed by atoms with Crippen LogP contribution in [0.15, 0.2) is 24.3 Å². The number of carbonyl (C=O) groups excluding carboxylic acids is 2. The molecule has 144 valence electrons. The van der Waals surface area contributed by atoms with Crippen LogP contribution in [0.4, 0.5) is 0 Å². The zero-order valence-electron chi connectivity index (χ0n) is 14.7. The van der Waals surface area contributed by atoms with E-state index in [9.17, 15) is 23.1 Å². The van der Waals surface area contributed by atoms with E-state index in [1.54, 1.807) is 24.3 Å². The maximum atomic E-state index is 12.5. The van der Waals surface area contributed by atoms with E-state index >= 15 is 0 Å². The largest absolute Gasteiger partial charge is 0.508 e. The minimum Gasteiger partial charge on any atom is -0.508 e. The van der Waals surface area contributed by atoms with Crippen molar-refractivity contribution >= 4 is 21.7 Å². The van der Waals surface area contributed by atoms with Gasteiger partial charge in [0.1, 0.15) is 5.75 Å². The molecule has 8 nitrogen and oxygen atoms in total. The van der Waals surface area contributed by atoms with Crippen molar-refractivity contribution in [1.82, 2.24) is 10.2 Å². The van der Waals surface area contributed by atoms with Gasteiger partial charge in [-0.1, -0.05) is 12.1 Å². The Balaban J connectivity index is 1.91. The molecule has 0 aliphatic carbocycles. The lowest BCUT2D eigenvalue weighted by molar-refractivity contribution is -0.147. The number of nitrogens with one attached hydrogen (secondary N) is 1. The van der Waals surface area contributed by atoms with Crippen molar-refractivity contribution in [3.63, 3.8) is 0 Å². The first-order valence-electron chi connectivity index (χ1n) is 8.38. The number of phenols is 1. The Hall–Kier alpha value is -2.13. The van der Waals surface area contributed by atoms with E-state index < -0.39 is 27.7 Å². The van der Waals surface area contributed by atoms with E-state index in [1.807, 2.05) is 0 Å². The van der Waals surface area contributed by atoms with Crippen LogP contribution in [0.25, 0.3) is 0 Å². The summed E-state index contributed by atoms with van der Waals surface area (Å²) in [5, 5.41) is 11.8. The Morgan fingerprint density at radius 2 is 2.00 bits per heavy atom. The molecule has 1 atom stereocenters. The first kappa shape index (κ1) is 20.2. The molecule has 1 aliphatic heterocycles. The van der Waals surface area contributed by atoms with Gasteiger partial charge in [-0.25, -0.2) is 8.42 Å². The van der Waals surface area contributed by atoms with E-state index in [-0.39, 0.29) is 37.0 Å². The van der Waals surface area contributed by atoms with Crippen LogP contribution in [-0.4, -0.2) is 74.6 Å². The molecule has 1 unspecified atom stereocenters. The molecule has 2 N–H and O–H groups in total. The van der Waals surface area contributed by atoms with Crippen molar-refractivity contribution in [2.75, 3.05) is 38.3 Å². The highest BCUT2D eigenvalue weighted by atomic mass is 32.2. The second-order valence-electron chi connectivity index (χ2n) is 6.22. The van der Waals surface area contributed by atoms with Crippen LogP contribution in [0.2, 0.25) is 0 Å². The predicted molar refractivity (Wildman–Crippen MR) is 95.5 cm³/mol. The van der Waals surface area contributed by atoms with Gasteiger partial charge in [-0.2, -0.15) is 0 Å². The predicted octanol–water partition coefficient (Wildman–Crippen LogP) is -0.287. The number of methoxy groups -OCH3 is 1. The third-order valence-electron chi connectivity index (χ3n) is 4.28. The first-order valence-corrected chi connectivity index (χ1v) is 10.2. The fraction of sp³-hybridized carbons (Fsp3) is 0.529. The molecule has 0 bridgehead atoms. The summed E-state index contributed by atoms with van der Waals surface area (Å²) in [6.45, 7) is 0.653. The molecule has 9 heteroatoms. The fourth-order valence-electron chi connectivity index (χ4n) is 2.85. The van der Waals surface area contributed by atoms with Crippen molar-refractivity contribution in [1.29, 1.82) is 0 Å². The summed E-state index contributed by atoms with van der Waals surface area (Å²) in [4.78, 5) is 25.9. The second kappa shape index (κ2) is 9.00. The minimum atomic E-state index is -3.17. The molecule has 1 aromatic rings. The number of sulfone groups is 1. The summed E-state index contributed by atoms with van der Waals surface area (Å²) in [7, 11) is -1.69. The van der Waals surface area contributed by atoms with Gasteiger partial charge < -0.3 is 20.1 Å². The van der Waals surface area contributed by atoms with E-state index in [0.29, 0.717) is 12.8 Å². The fourth-order valence-corrected chi connectivity index (χ4v) is 4.58. The molecular weight excluding hydrogens is 360 g/mol. The van der Waals surface area contributed by atoms with Crippen LogP contribution in [0.3, 0.4) is 0 Å². The Labute approximate surface area is 153 Å². The van der Waals surface area contributed by atoms with Crippen molar-refractivity contribution in [2.45, 2.75) is 18.9 Å². The van der Waals surface area contributed by atoms with E-state index in [4.69, 9.17) is 4.74 Å². The van der Waals surface area contributed by atoms with Crippen molar-refractivity contribution in [2.24, 2.45) is 0 Å². The molecule has 1 heterocycles. The maximum Gasteiger partial charge on any atom is 0.312 e. The van der Waals surface area contributed by atoms with Gasteiger partial charge in [0.15, 0.2) is 9.84 Å². The Morgan fingerprint density at radius 3 is 2.58 bits per heavy atom. The Morgan fingerprint density at radius 1 is 1.31 bits per heavy atom. The van der Waals surface area contributed by atoms with E-state index in [2.05, 4.69) is 5.32 Å². The van der Waals surface area contributed by atoms with Crippen LogP contribution in [0, 0.1) is 0 Å². The van der Waals surface area contributed by atoms with Gasteiger partial charge in [0, 0.05) is 26.2 Å². The normalized spacial score (nSPS) is 18.4. The number of benzene rings is 1. The lowest BCUT2D eigenvalue weighted by Crippen LogP contribution is -2.50. The van der Waals surface area contributed by atoms with Gasteiger partial charge in [0.2, 0.25) is 0 Å². The molecule has 1 aromatic carbocycles. The lowest BCUT2D eigenvalue weighted by Gasteiger charge is -2.27. The maximum absolute atomic E-state index is 12.5. The number of hydrogen-bond acceptors (Lipinski definition) is 6. The number of phenolic OH excluding ortho intramolecular Hbond substituents is 1.